The molecule has 1 heterocycles. The number of hydrogen-bond acceptors (Lipinski definition) is 1. The van der Waals surface area contributed by atoms with Gasteiger partial charge in [0.25, 0.3) is 5.69 Å². The van der Waals surface area contributed by atoms with E-state index in [1.54, 1.807) is 0 Å². The molecule has 1 aromatic heterocycles. The third-order valence-electron chi connectivity index (χ3n) is 4.94. The Morgan fingerprint density at radius 1 is 0.545 bits per heavy atom. The van der Waals surface area contributed by atoms with Crippen LogP contribution in [0.4, 0.5) is 17.3 Å². The quantitative estimate of drug-likeness (QED) is 0.164. The minimum atomic E-state index is -6.00. The lowest BCUT2D eigenvalue weighted by Gasteiger charge is -2.11. The van der Waals surface area contributed by atoms with Crippen LogP contribution in [-0.2, 0) is 0 Å². The van der Waals surface area contributed by atoms with Crippen LogP contribution in [0.3, 0.4) is 0 Å². The van der Waals surface area contributed by atoms with Gasteiger partial charge in [0.05, 0.1) is 5.56 Å². The van der Waals surface area contributed by atoms with Gasteiger partial charge in [-0.15, -0.1) is 0 Å². The second-order valence-corrected chi connectivity index (χ2v) is 7.22. The topological polar surface area (TPSA) is 16.8 Å². The Bertz CT molecular complexity index is 1340. The highest BCUT2D eigenvalue weighted by Crippen LogP contribution is 2.35. The van der Waals surface area contributed by atoms with Gasteiger partial charge in [0.1, 0.15) is 5.52 Å². The first-order chi connectivity index (χ1) is 15.9. The zero-order chi connectivity index (χ0) is 23.3. The number of halogens is 4. The molecule has 7 heteroatoms. The van der Waals surface area contributed by atoms with Gasteiger partial charge in [0, 0.05) is 28.2 Å². The standard InChI is InChI=1S/C26H19N2.BF4/c1-4-12-20(13-5-1)25-23-18-10-11-19-24(23)27-28(22-16-8-3-9-17-22)26(25)21-14-6-2-7-15-21;2-1(3,4)5/h1-19H;/q+1;-1. The normalized spacial score (nSPS) is 11.0. The minimum Gasteiger partial charge on any atom is -0.418 e. The predicted molar refractivity (Wildman–Crippen MR) is 124 cm³/mol. The average molecular weight is 446 g/mol. The molecule has 0 bridgehead atoms. The summed E-state index contributed by atoms with van der Waals surface area (Å²) in [5.41, 5.74) is 6.64. The summed E-state index contributed by atoms with van der Waals surface area (Å²) in [4.78, 5) is 0. The summed E-state index contributed by atoms with van der Waals surface area (Å²) in [6, 6.07) is 39.8. The van der Waals surface area contributed by atoms with Crippen molar-refractivity contribution < 1.29 is 21.9 Å². The maximum atomic E-state index is 9.75. The Morgan fingerprint density at radius 2 is 1.00 bits per heavy atom. The van der Waals surface area contributed by atoms with E-state index in [4.69, 9.17) is 5.10 Å². The highest BCUT2D eigenvalue weighted by molar-refractivity contribution is 6.50. The molecule has 0 aliphatic heterocycles. The first-order valence-corrected chi connectivity index (χ1v) is 10.3. The zero-order valence-corrected chi connectivity index (χ0v) is 17.5. The molecule has 0 saturated heterocycles. The van der Waals surface area contributed by atoms with Gasteiger partial charge in [0.15, 0.2) is 0 Å². The van der Waals surface area contributed by atoms with Crippen molar-refractivity contribution in [2.24, 2.45) is 0 Å². The Kier molecular flexibility index (Phi) is 6.49. The molecule has 5 rings (SSSR count). The third kappa shape index (κ3) is 5.44. The molecular formula is C26H19BF4N2. The molecule has 0 unspecified atom stereocenters. The Labute approximate surface area is 188 Å². The van der Waals surface area contributed by atoms with Crippen molar-refractivity contribution >= 4 is 18.2 Å². The molecule has 0 radical (unpaired) electrons. The lowest BCUT2D eigenvalue weighted by Crippen LogP contribution is -2.38. The lowest BCUT2D eigenvalue weighted by molar-refractivity contribution is -0.645. The molecule has 0 saturated carbocycles. The summed E-state index contributed by atoms with van der Waals surface area (Å²) in [6.45, 7) is 0. The van der Waals surface area contributed by atoms with Gasteiger partial charge in [-0.05, 0) is 28.4 Å². The van der Waals surface area contributed by atoms with Crippen molar-refractivity contribution in [1.29, 1.82) is 0 Å². The van der Waals surface area contributed by atoms with Crippen LogP contribution in [0.15, 0.2) is 115 Å². The third-order valence-corrected chi connectivity index (χ3v) is 4.94. The fourth-order valence-corrected chi connectivity index (χ4v) is 3.68. The van der Waals surface area contributed by atoms with Crippen LogP contribution < -0.4 is 4.68 Å². The largest absolute Gasteiger partial charge is 0.673 e. The Balaban J connectivity index is 0.000000471. The minimum absolute atomic E-state index is 0.977. The summed E-state index contributed by atoms with van der Waals surface area (Å²) in [5, 5.41) is 6.18. The maximum Gasteiger partial charge on any atom is 0.673 e. The fraction of sp³-hybridized carbons (Fsp3) is 0. The van der Waals surface area contributed by atoms with E-state index in [-0.39, 0.29) is 0 Å². The highest BCUT2D eigenvalue weighted by atomic mass is 19.5. The molecule has 5 aromatic rings. The van der Waals surface area contributed by atoms with E-state index in [9.17, 15) is 17.3 Å². The van der Waals surface area contributed by atoms with Crippen molar-refractivity contribution in [3.05, 3.63) is 115 Å². The molecule has 0 amide bonds. The summed E-state index contributed by atoms with van der Waals surface area (Å²) in [5.74, 6) is 0. The zero-order valence-electron chi connectivity index (χ0n) is 17.5. The molecule has 0 N–H and O–H groups in total. The smallest absolute Gasteiger partial charge is 0.418 e. The van der Waals surface area contributed by atoms with E-state index in [1.807, 2.05) is 18.2 Å². The van der Waals surface area contributed by atoms with E-state index >= 15 is 0 Å². The van der Waals surface area contributed by atoms with Gasteiger partial charge < -0.3 is 17.3 Å². The maximum absolute atomic E-state index is 9.75. The second-order valence-electron chi connectivity index (χ2n) is 7.22. The van der Waals surface area contributed by atoms with Crippen molar-refractivity contribution in [3.63, 3.8) is 0 Å². The van der Waals surface area contributed by atoms with E-state index in [0.717, 1.165) is 27.8 Å². The van der Waals surface area contributed by atoms with Crippen LogP contribution in [-0.4, -0.2) is 12.4 Å². The van der Waals surface area contributed by atoms with Gasteiger partial charge in [-0.2, -0.15) is 0 Å². The van der Waals surface area contributed by atoms with E-state index in [2.05, 4.69) is 102 Å². The molecule has 33 heavy (non-hydrogen) atoms. The van der Waals surface area contributed by atoms with Crippen LogP contribution in [0, 0.1) is 0 Å². The molecule has 164 valence electrons. The lowest BCUT2D eigenvalue weighted by atomic mass is 9.95. The van der Waals surface area contributed by atoms with Crippen molar-refractivity contribution in [2.45, 2.75) is 0 Å². The SMILES string of the molecule is F[B-](F)(F)F.c1ccc(-c2c(-c3ccccc3)[n+](-c3ccccc3)nc3ccccc23)cc1. The predicted octanol–water partition coefficient (Wildman–Crippen LogP) is 7.15. The first-order valence-electron chi connectivity index (χ1n) is 10.3. The van der Waals surface area contributed by atoms with Gasteiger partial charge in [-0.3, -0.25) is 0 Å². The van der Waals surface area contributed by atoms with E-state index in [1.165, 1.54) is 11.1 Å². The first kappa shape index (κ1) is 22.2. The summed E-state index contributed by atoms with van der Waals surface area (Å²) >= 11 is 0. The van der Waals surface area contributed by atoms with E-state index in [0.29, 0.717) is 0 Å². The molecule has 0 fully saturated rings. The van der Waals surface area contributed by atoms with Gasteiger partial charge >= 0.3 is 7.25 Å². The number of fused-ring (bicyclic) bond motifs is 1. The van der Waals surface area contributed by atoms with Crippen molar-refractivity contribution in [1.82, 2.24) is 5.10 Å². The summed E-state index contributed by atoms with van der Waals surface area (Å²) < 4.78 is 41.1. The number of hydrogen-bond donors (Lipinski definition) is 0. The number of nitrogens with zero attached hydrogens (tertiary/aromatic N) is 2. The molecule has 4 aromatic carbocycles. The number of para-hydroxylation sites is 1. The molecule has 0 aliphatic carbocycles. The second kappa shape index (κ2) is 9.65. The average Bonchev–Trinajstić information content (AvgIpc) is 2.83. The van der Waals surface area contributed by atoms with Crippen LogP contribution in [0.1, 0.15) is 0 Å². The molecule has 0 atom stereocenters. The fourth-order valence-electron chi connectivity index (χ4n) is 3.68. The van der Waals surface area contributed by atoms with Crippen LogP contribution in [0.5, 0.6) is 0 Å². The van der Waals surface area contributed by atoms with Gasteiger partial charge in [-0.25, -0.2) is 0 Å². The van der Waals surface area contributed by atoms with Crippen molar-refractivity contribution in [3.8, 4) is 28.1 Å². The van der Waals surface area contributed by atoms with Gasteiger partial charge in [-0.1, -0.05) is 84.9 Å². The van der Waals surface area contributed by atoms with E-state index < -0.39 is 7.25 Å². The monoisotopic (exact) mass is 446 g/mol. The summed E-state index contributed by atoms with van der Waals surface area (Å²) in [7, 11) is -6.00. The van der Waals surface area contributed by atoms with Crippen LogP contribution in [0.2, 0.25) is 0 Å². The molecule has 0 spiro atoms. The number of aromatic nitrogens is 2. The highest BCUT2D eigenvalue weighted by Gasteiger charge is 2.26. The summed E-state index contributed by atoms with van der Waals surface area (Å²) in [6.07, 6.45) is 0. The van der Waals surface area contributed by atoms with Gasteiger partial charge in [0.2, 0.25) is 5.69 Å². The number of benzene rings is 4. The van der Waals surface area contributed by atoms with Crippen LogP contribution in [0.25, 0.3) is 39.0 Å². The van der Waals surface area contributed by atoms with Crippen molar-refractivity contribution in [2.75, 3.05) is 0 Å². The molecular weight excluding hydrogens is 427 g/mol. The Morgan fingerprint density at radius 3 is 1.58 bits per heavy atom. The number of rotatable bonds is 3. The molecule has 2 nitrogen and oxygen atoms in total. The molecule has 0 aliphatic rings. The van der Waals surface area contributed by atoms with Crippen LogP contribution >= 0.6 is 0 Å². The Hall–Kier alpha value is -4.00.